The average molecular weight is 272 g/mol. The summed E-state index contributed by atoms with van der Waals surface area (Å²) in [5.41, 5.74) is -0.177. The van der Waals surface area contributed by atoms with Gasteiger partial charge >= 0.3 is 0 Å². The Bertz CT molecular complexity index is 596. The van der Waals surface area contributed by atoms with Crippen molar-refractivity contribution < 1.29 is 17.6 Å². The third kappa shape index (κ3) is 2.62. The summed E-state index contributed by atoms with van der Waals surface area (Å²) < 4.78 is 51.2. The zero-order valence-electron chi connectivity index (χ0n) is 10.4. The molecule has 0 aliphatic rings. The number of alkyl halides is 4. The van der Waals surface area contributed by atoms with E-state index in [1.54, 1.807) is 25.1 Å². The number of benzene rings is 1. The Morgan fingerprint density at radius 1 is 1.00 bits per heavy atom. The lowest BCUT2D eigenvalue weighted by atomic mass is 10.1. The fourth-order valence-electron chi connectivity index (χ4n) is 1.83. The summed E-state index contributed by atoms with van der Waals surface area (Å²) in [6.45, 7) is 0. The second-order valence-corrected chi connectivity index (χ2v) is 4.33. The SMILES string of the molecule is CN(C)c1ccc2nc(C(F)F)cc(C(F)F)c2c1. The van der Waals surface area contributed by atoms with E-state index in [4.69, 9.17) is 0 Å². The molecule has 0 fully saturated rings. The molecule has 0 amide bonds. The molecule has 0 unspecified atom stereocenters. The van der Waals surface area contributed by atoms with Gasteiger partial charge in [-0.15, -0.1) is 0 Å². The van der Waals surface area contributed by atoms with E-state index < -0.39 is 24.1 Å². The van der Waals surface area contributed by atoms with Crippen LogP contribution in [0.15, 0.2) is 24.3 Å². The highest BCUT2D eigenvalue weighted by atomic mass is 19.3. The molecule has 0 atom stereocenters. The minimum Gasteiger partial charge on any atom is -0.378 e. The third-order valence-electron chi connectivity index (χ3n) is 2.82. The number of rotatable bonds is 3. The first-order valence-electron chi connectivity index (χ1n) is 5.58. The van der Waals surface area contributed by atoms with Crippen LogP contribution in [-0.4, -0.2) is 19.1 Å². The van der Waals surface area contributed by atoms with E-state index in [-0.39, 0.29) is 10.9 Å². The highest BCUT2D eigenvalue weighted by Gasteiger charge is 2.18. The van der Waals surface area contributed by atoms with Gasteiger partial charge in [-0.25, -0.2) is 22.5 Å². The number of hydrogen-bond acceptors (Lipinski definition) is 2. The molecule has 2 aromatic rings. The maximum absolute atomic E-state index is 13.0. The topological polar surface area (TPSA) is 16.1 Å². The van der Waals surface area contributed by atoms with Crippen LogP contribution in [0.2, 0.25) is 0 Å². The van der Waals surface area contributed by atoms with Gasteiger partial charge in [0.25, 0.3) is 12.9 Å². The molecule has 6 heteroatoms. The van der Waals surface area contributed by atoms with Gasteiger partial charge in [-0.1, -0.05) is 0 Å². The van der Waals surface area contributed by atoms with E-state index >= 15 is 0 Å². The van der Waals surface area contributed by atoms with Crippen LogP contribution >= 0.6 is 0 Å². The van der Waals surface area contributed by atoms with E-state index in [0.29, 0.717) is 5.69 Å². The highest BCUT2D eigenvalue weighted by molar-refractivity contribution is 5.86. The molecule has 1 heterocycles. The summed E-state index contributed by atoms with van der Waals surface area (Å²) in [4.78, 5) is 5.46. The Kier molecular flexibility index (Phi) is 3.59. The summed E-state index contributed by atoms with van der Waals surface area (Å²) in [6, 6.07) is 5.43. The van der Waals surface area contributed by atoms with E-state index in [2.05, 4.69) is 4.98 Å². The van der Waals surface area contributed by atoms with Crippen LogP contribution in [0.25, 0.3) is 10.9 Å². The van der Waals surface area contributed by atoms with Crippen molar-refractivity contribution in [3.8, 4) is 0 Å². The third-order valence-corrected chi connectivity index (χ3v) is 2.82. The van der Waals surface area contributed by atoms with Crippen LogP contribution < -0.4 is 4.90 Å². The van der Waals surface area contributed by atoms with Gasteiger partial charge in [0.1, 0.15) is 5.69 Å². The molecule has 0 aliphatic carbocycles. The summed E-state index contributed by atoms with van der Waals surface area (Å²) >= 11 is 0. The van der Waals surface area contributed by atoms with Crippen molar-refractivity contribution in [2.75, 3.05) is 19.0 Å². The molecule has 19 heavy (non-hydrogen) atoms. The number of halogens is 4. The van der Waals surface area contributed by atoms with Gasteiger partial charge in [-0.2, -0.15) is 0 Å². The van der Waals surface area contributed by atoms with E-state index in [9.17, 15) is 17.6 Å². The highest BCUT2D eigenvalue weighted by Crippen LogP contribution is 2.32. The maximum Gasteiger partial charge on any atom is 0.280 e. The monoisotopic (exact) mass is 272 g/mol. The standard InChI is InChI=1S/C13H12F4N2/c1-19(2)7-3-4-10-8(5-7)9(12(14)15)6-11(18-10)13(16)17/h3-6,12-13H,1-2H3. The van der Waals surface area contributed by atoms with Crippen molar-refractivity contribution in [1.82, 2.24) is 4.98 Å². The Labute approximate surface area is 107 Å². The number of aromatic nitrogens is 1. The van der Waals surface area contributed by atoms with Crippen molar-refractivity contribution in [2.24, 2.45) is 0 Å². The van der Waals surface area contributed by atoms with Crippen LogP contribution in [0.4, 0.5) is 23.2 Å². The summed E-state index contributed by atoms with van der Waals surface area (Å²) in [7, 11) is 3.54. The number of anilines is 1. The van der Waals surface area contributed by atoms with Crippen molar-refractivity contribution >= 4 is 16.6 Å². The molecule has 0 saturated heterocycles. The summed E-state index contributed by atoms with van der Waals surface area (Å²) in [6.07, 6.45) is -5.68. The predicted molar refractivity (Wildman–Crippen MR) is 66.0 cm³/mol. The van der Waals surface area contributed by atoms with Crippen LogP contribution in [0, 0.1) is 0 Å². The maximum atomic E-state index is 13.0. The Hall–Kier alpha value is -1.85. The van der Waals surface area contributed by atoms with Crippen molar-refractivity contribution in [1.29, 1.82) is 0 Å². The van der Waals surface area contributed by atoms with E-state index in [1.165, 1.54) is 12.1 Å². The number of hydrogen-bond donors (Lipinski definition) is 0. The van der Waals surface area contributed by atoms with Gasteiger partial charge in [0.2, 0.25) is 0 Å². The van der Waals surface area contributed by atoms with Crippen LogP contribution in [0.5, 0.6) is 0 Å². The summed E-state index contributed by atoms with van der Waals surface area (Å²) in [5, 5.41) is 0.200. The Morgan fingerprint density at radius 3 is 2.21 bits per heavy atom. The molecule has 2 rings (SSSR count). The average Bonchev–Trinajstić information content (AvgIpc) is 2.36. The zero-order valence-corrected chi connectivity index (χ0v) is 10.4. The predicted octanol–water partition coefficient (Wildman–Crippen LogP) is 4.18. The molecular formula is C13H12F4N2. The molecule has 0 N–H and O–H groups in total. The fourth-order valence-corrected chi connectivity index (χ4v) is 1.83. The minimum atomic E-state index is -2.87. The fraction of sp³-hybridized carbons (Fsp3) is 0.308. The lowest BCUT2D eigenvalue weighted by molar-refractivity contribution is 0.141. The molecule has 0 aliphatic heterocycles. The summed E-state index contributed by atoms with van der Waals surface area (Å²) in [5.74, 6) is 0. The molecular weight excluding hydrogens is 260 g/mol. The largest absolute Gasteiger partial charge is 0.378 e. The van der Waals surface area contributed by atoms with Crippen LogP contribution in [0.1, 0.15) is 24.1 Å². The van der Waals surface area contributed by atoms with Gasteiger partial charge in [-0.3, -0.25) is 0 Å². The molecule has 2 nitrogen and oxygen atoms in total. The molecule has 0 spiro atoms. The zero-order chi connectivity index (χ0) is 14.2. The Morgan fingerprint density at radius 2 is 1.68 bits per heavy atom. The molecule has 0 saturated carbocycles. The smallest absolute Gasteiger partial charge is 0.280 e. The van der Waals surface area contributed by atoms with E-state index in [1.807, 2.05) is 0 Å². The second-order valence-electron chi connectivity index (χ2n) is 4.33. The van der Waals surface area contributed by atoms with Gasteiger partial charge in [0.05, 0.1) is 5.52 Å². The van der Waals surface area contributed by atoms with Gasteiger partial charge in [0, 0.05) is 30.7 Å². The minimum absolute atomic E-state index is 0.152. The van der Waals surface area contributed by atoms with Crippen LogP contribution in [-0.2, 0) is 0 Å². The number of pyridine rings is 1. The van der Waals surface area contributed by atoms with E-state index in [0.717, 1.165) is 6.07 Å². The van der Waals surface area contributed by atoms with Gasteiger partial charge in [0.15, 0.2) is 0 Å². The van der Waals surface area contributed by atoms with Gasteiger partial charge < -0.3 is 4.90 Å². The van der Waals surface area contributed by atoms with Crippen molar-refractivity contribution in [3.05, 3.63) is 35.5 Å². The quantitative estimate of drug-likeness (QED) is 0.779. The van der Waals surface area contributed by atoms with Crippen molar-refractivity contribution in [2.45, 2.75) is 12.9 Å². The van der Waals surface area contributed by atoms with Crippen molar-refractivity contribution in [3.63, 3.8) is 0 Å². The van der Waals surface area contributed by atoms with Crippen LogP contribution in [0.3, 0.4) is 0 Å². The second kappa shape index (κ2) is 5.03. The first-order chi connectivity index (χ1) is 8.90. The molecule has 0 bridgehead atoms. The normalized spacial score (nSPS) is 11.6. The number of nitrogens with zero attached hydrogens (tertiary/aromatic N) is 2. The van der Waals surface area contributed by atoms with Gasteiger partial charge in [-0.05, 0) is 24.3 Å². The first kappa shape index (κ1) is 13.6. The molecule has 1 aromatic carbocycles. The number of fused-ring (bicyclic) bond motifs is 1. The molecule has 0 radical (unpaired) electrons. The lowest BCUT2D eigenvalue weighted by Crippen LogP contribution is -2.08. The molecule has 1 aromatic heterocycles. The lowest BCUT2D eigenvalue weighted by Gasteiger charge is -2.15. The first-order valence-corrected chi connectivity index (χ1v) is 5.58. The Balaban J connectivity index is 2.72. The molecule has 102 valence electrons.